The number of ether oxygens (including phenoxy) is 1. The summed E-state index contributed by atoms with van der Waals surface area (Å²) >= 11 is 0. The van der Waals surface area contributed by atoms with Crippen LogP contribution in [0.15, 0.2) is 6.07 Å². The topological polar surface area (TPSA) is 41.5 Å². The first-order valence-corrected chi connectivity index (χ1v) is 6.23. The lowest BCUT2D eigenvalue weighted by Gasteiger charge is -2.26. The maximum atomic E-state index is 9.96. The summed E-state index contributed by atoms with van der Waals surface area (Å²) in [6.07, 6.45) is 2.32. The quantitative estimate of drug-likeness (QED) is 0.827. The summed E-state index contributed by atoms with van der Waals surface area (Å²) in [6, 6.07) is 2.11. The van der Waals surface area contributed by atoms with E-state index in [0.717, 1.165) is 37.1 Å². The summed E-state index contributed by atoms with van der Waals surface area (Å²) in [7, 11) is 1.62. The molecule has 2 N–H and O–H groups in total. The Morgan fingerprint density at radius 1 is 1.29 bits per heavy atom. The van der Waals surface area contributed by atoms with Crippen molar-refractivity contribution in [2.45, 2.75) is 32.6 Å². The van der Waals surface area contributed by atoms with Gasteiger partial charge in [0, 0.05) is 0 Å². The zero-order chi connectivity index (χ0) is 12.4. The van der Waals surface area contributed by atoms with Crippen molar-refractivity contribution in [2.75, 3.05) is 20.2 Å². The van der Waals surface area contributed by atoms with Crippen LogP contribution in [0.5, 0.6) is 11.5 Å². The second-order valence-corrected chi connectivity index (χ2v) is 4.81. The molecule has 1 aliphatic heterocycles. The molecule has 1 heterocycles. The van der Waals surface area contributed by atoms with Crippen molar-refractivity contribution < 1.29 is 9.84 Å². The molecule has 0 radical (unpaired) electrons. The number of aromatic hydroxyl groups is 1. The molecule has 1 aromatic carbocycles. The van der Waals surface area contributed by atoms with Crippen LogP contribution in [-0.2, 0) is 0 Å². The molecule has 3 nitrogen and oxygen atoms in total. The molecule has 0 atom stereocenters. The van der Waals surface area contributed by atoms with E-state index in [4.69, 9.17) is 4.74 Å². The van der Waals surface area contributed by atoms with Crippen LogP contribution in [0.1, 0.15) is 35.4 Å². The van der Waals surface area contributed by atoms with E-state index in [-0.39, 0.29) is 5.75 Å². The lowest BCUT2D eigenvalue weighted by Crippen LogP contribution is -2.27. The highest BCUT2D eigenvalue weighted by Gasteiger charge is 2.21. The number of hydrogen-bond donors (Lipinski definition) is 2. The second kappa shape index (κ2) is 4.96. The molecule has 1 aliphatic rings. The SMILES string of the molecule is COc1c(C)c(C2CCNCC2)cc(C)c1O. The van der Waals surface area contributed by atoms with Gasteiger partial charge in [-0.2, -0.15) is 0 Å². The zero-order valence-electron chi connectivity index (χ0n) is 10.8. The van der Waals surface area contributed by atoms with Crippen molar-refractivity contribution in [1.29, 1.82) is 0 Å². The Labute approximate surface area is 103 Å². The van der Waals surface area contributed by atoms with E-state index < -0.39 is 0 Å². The number of phenolic OH excluding ortho intramolecular Hbond substituents is 1. The minimum absolute atomic E-state index is 0.280. The van der Waals surface area contributed by atoms with E-state index in [0.29, 0.717) is 11.7 Å². The maximum Gasteiger partial charge on any atom is 0.163 e. The molecule has 0 aromatic heterocycles. The van der Waals surface area contributed by atoms with Crippen LogP contribution in [0.25, 0.3) is 0 Å². The van der Waals surface area contributed by atoms with Gasteiger partial charge in [-0.05, 0) is 62.4 Å². The number of rotatable bonds is 2. The van der Waals surface area contributed by atoms with Gasteiger partial charge < -0.3 is 15.2 Å². The van der Waals surface area contributed by atoms with Crippen LogP contribution in [0.4, 0.5) is 0 Å². The van der Waals surface area contributed by atoms with Gasteiger partial charge in [0.2, 0.25) is 0 Å². The Balaban J connectivity index is 2.42. The van der Waals surface area contributed by atoms with Crippen molar-refractivity contribution in [2.24, 2.45) is 0 Å². The zero-order valence-corrected chi connectivity index (χ0v) is 10.8. The predicted octanol–water partition coefficient (Wildman–Crippen LogP) is 2.48. The number of benzene rings is 1. The molecule has 0 aliphatic carbocycles. The normalized spacial score (nSPS) is 17.1. The highest BCUT2D eigenvalue weighted by atomic mass is 16.5. The largest absolute Gasteiger partial charge is 0.504 e. The van der Waals surface area contributed by atoms with Gasteiger partial charge in [-0.1, -0.05) is 6.07 Å². The van der Waals surface area contributed by atoms with Crippen molar-refractivity contribution in [1.82, 2.24) is 5.32 Å². The van der Waals surface area contributed by atoms with Crippen molar-refractivity contribution in [3.05, 3.63) is 22.8 Å². The molecule has 1 fully saturated rings. The molecule has 0 bridgehead atoms. The average Bonchev–Trinajstić information content (AvgIpc) is 2.36. The predicted molar refractivity (Wildman–Crippen MR) is 69.0 cm³/mol. The molecule has 0 saturated carbocycles. The third-order valence-electron chi connectivity index (χ3n) is 3.72. The summed E-state index contributed by atoms with van der Waals surface area (Å²) in [5, 5.41) is 13.3. The van der Waals surface area contributed by atoms with Gasteiger partial charge in [-0.15, -0.1) is 0 Å². The summed E-state index contributed by atoms with van der Waals surface area (Å²) in [6.45, 7) is 6.12. The molecule has 0 unspecified atom stereocenters. The molecule has 94 valence electrons. The van der Waals surface area contributed by atoms with Gasteiger partial charge in [0.15, 0.2) is 11.5 Å². The van der Waals surface area contributed by atoms with Crippen LogP contribution in [0.3, 0.4) is 0 Å². The number of aryl methyl sites for hydroxylation is 1. The second-order valence-electron chi connectivity index (χ2n) is 4.81. The highest BCUT2D eigenvalue weighted by Crippen LogP contribution is 2.40. The minimum atomic E-state index is 0.280. The van der Waals surface area contributed by atoms with Gasteiger partial charge in [0.1, 0.15) is 0 Å². The van der Waals surface area contributed by atoms with Crippen molar-refractivity contribution >= 4 is 0 Å². The molecule has 1 aromatic rings. The summed E-state index contributed by atoms with van der Waals surface area (Å²) in [4.78, 5) is 0. The Hall–Kier alpha value is -1.22. The van der Waals surface area contributed by atoms with E-state index in [9.17, 15) is 5.11 Å². The third kappa shape index (κ3) is 2.25. The number of piperidine rings is 1. The Bertz CT molecular complexity index is 409. The van der Waals surface area contributed by atoms with Crippen LogP contribution < -0.4 is 10.1 Å². The first-order chi connectivity index (χ1) is 8.15. The van der Waals surface area contributed by atoms with Crippen LogP contribution in [0, 0.1) is 13.8 Å². The maximum absolute atomic E-state index is 9.96. The minimum Gasteiger partial charge on any atom is -0.504 e. The van der Waals surface area contributed by atoms with Crippen LogP contribution in [0.2, 0.25) is 0 Å². The monoisotopic (exact) mass is 235 g/mol. The molecule has 2 rings (SSSR count). The number of hydrogen-bond acceptors (Lipinski definition) is 3. The lowest BCUT2D eigenvalue weighted by atomic mass is 9.86. The highest BCUT2D eigenvalue weighted by molar-refractivity contribution is 5.54. The first kappa shape index (κ1) is 12.2. The van der Waals surface area contributed by atoms with E-state index in [1.54, 1.807) is 7.11 Å². The fourth-order valence-corrected chi connectivity index (χ4v) is 2.70. The number of methoxy groups -OCH3 is 1. The molecular formula is C14H21NO2. The van der Waals surface area contributed by atoms with Crippen LogP contribution in [-0.4, -0.2) is 25.3 Å². The van der Waals surface area contributed by atoms with Crippen molar-refractivity contribution in [3.63, 3.8) is 0 Å². The first-order valence-electron chi connectivity index (χ1n) is 6.23. The molecule has 0 amide bonds. The fraction of sp³-hybridized carbons (Fsp3) is 0.571. The molecule has 1 saturated heterocycles. The van der Waals surface area contributed by atoms with Gasteiger partial charge in [0.25, 0.3) is 0 Å². The molecule has 17 heavy (non-hydrogen) atoms. The van der Waals surface area contributed by atoms with Gasteiger partial charge in [0.05, 0.1) is 7.11 Å². The van der Waals surface area contributed by atoms with E-state index in [1.165, 1.54) is 5.56 Å². The summed E-state index contributed by atoms with van der Waals surface area (Å²) in [5.74, 6) is 1.51. The third-order valence-corrected chi connectivity index (χ3v) is 3.72. The van der Waals surface area contributed by atoms with Crippen molar-refractivity contribution in [3.8, 4) is 11.5 Å². The van der Waals surface area contributed by atoms with E-state index in [1.807, 2.05) is 13.8 Å². The van der Waals surface area contributed by atoms with Gasteiger partial charge >= 0.3 is 0 Å². The number of nitrogens with one attached hydrogen (secondary N) is 1. The smallest absolute Gasteiger partial charge is 0.163 e. The summed E-state index contributed by atoms with van der Waals surface area (Å²) < 4.78 is 5.32. The Morgan fingerprint density at radius 2 is 1.94 bits per heavy atom. The Kier molecular flexibility index (Phi) is 3.57. The van der Waals surface area contributed by atoms with Gasteiger partial charge in [-0.25, -0.2) is 0 Å². The molecule has 0 spiro atoms. The van der Waals surface area contributed by atoms with Gasteiger partial charge in [-0.3, -0.25) is 0 Å². The molecular weight excluding hydrogens is 214 g/mol. The summed E-state index contributed by atoms with van der Waals surface area (Å²) in [5.41, 5.74) is 3.32. The lowest BCUT2D eigenvalue weighted by molar-refractivity contribution is 0.366. The molecule has 3 heteroatoms. The Morgan fingerprint density at radius 3 is 2.53 bits per heavy atom. The standard InChI is InChI=1S/C14H21NO2/c1-9-8-12(11-4-6-15-7-5-11)10(2)14(17-3)13(9)16/h8,11,15-16H,4-7H2,1-3H3. The van der Waals surface area contributed by atoms with Crippen LogP contribution >= 0.6 is 0 Å². The number of phenols is 1. The van der Waals surface area contributed by atoms with E-state index in [2.05, 4.69) is 11.4 Å². The van der Waals surface area contributed by atoms with E-state index >= 15 is 0 Å². The average molecular weight is 235 g/mol. The fourth-order valence-electron chi connectivity index (χ4n) is 2.70.